The predicted octanol–water partition coefficient (Wildman–Crippen LogP) is 0.605. The van der Waals surface area contributed by atoms with Gasteiger partial charge < -0.3 is 10.6 Å². The first-order valence-electron chi connectivity index (χ1n) is 10.4. The van der Waals surface area contributed by atoms with Crippen molar-refractivity contribution in [1.29, 1.82) is 0 Å². The van der Waals surface area contributed by atoms with Gasteiger partial charge in [0.2, 0.25) is 21.8 Å². The van der Waals surface area contributed by atoms with E-state index in [1.165, 1.54) is 23.5 Å². The zero-order valence-corrected chi connectivity index (χ0v) is 18.2. The monoisotopic (exact) mass is 445 g/mol. The fraction of sp³-hybridized carbons (Fsp3) is 0.476. The Hall–Kier alpha value is -2.72. The van der Waals surface area contributed by atoms with E-state index in [2.05, 4.69) is 15.7 Å². The summed E-state index contributed by atoms with van der Waals surface area (Å²) < 4.78 is 29.5. The Balaban J connectivity index is 1.41. The molecule has 2 aliphatic rings. The summed E-state index contributed by atoms with van der Waals surface area (Å²) in [6, 6.07) is 9.15. The number of hydrogen-bond acceptors (Lipinski definition) is 5. The molecule has 166 valence electrons. The van der Waals surface area contributed by atoms with Crippen molar-refractivity contribution in [3.05, 3.63) is 48.8 Å². The Morgan fingerprint density at radius 2 is 1.94 bits per heavy atom. The van der Waals surface area contributed by atoms with E-state index in [1.54, 1.807) is 24.4 Å². The summed E-state index contributed by atoms with van der Waals surface area (Å²) in [7, 11) is -2.34. The van der Waals surface area contributed by atoms with Gasteiger partial charge in [-0.3, -0.25) is 14.3 Å². The number of carbonyl (C=O) groups excluding carboxylic acids is 2. The fourth-order valence-corrected chi connectivity index (χ4v) is 6.17. The molecule has 1 aromatic carbocycles. The van der Waals surface area contributed by atoms with Crippen LogP contribution in [0.15, 0.2) is 53.7 Å². The van der Waals surface area contributed by atoms with Crippen LogP contribution in [0.3, 0.4) is 0 Å². The second kappa shape index (κ2) is 8.43. The number of nitrogens with one attached hydrogen (secondary N) is 2. The highest BCUT2D eigenvalue weighted by Crippen LogP contribution is 2.60. The molecule has 0 radical (unpaired) electrons. The van der Waals surface area contributed by atoms with Gasteiger partial charge in [-0.15, -0.1) is 0 Å². The summed E-state index contributed by atoms with van der Waals surface area (Å²) in [6.45, 7) is 1.41. The minimum atomic E-state index is -3.84. The van der Waals surface area contributed by atoms with E-state index in [0.717, 1.165) is 6.42 Å². The highest BCUT2D eigenvalue weighted by atomic mass is 32.2. The molecule has 1 aliphatic heterocycles. The van der Waals surface area contributed by atoms with Gasteiger partial charge in [0.25, 0.3) is 0 Å². The third-order valence-corrected chi connectivity index (χ3v) is 8.11. The molecule has 0 bridgehead atoms. The Bertz CT molecular complexity index is 1040. The minimum absolute atomic E-state index is 0.0740. The van der Waals surface area contributed by atoms with Gasteiger partial charge in [-0.1, -0.05) is 18.2 Å². The molecule has 2 N–H and O–H groups in total. The lowest BCUT2D eigenvalue weighted by Crippen LogP contribution is -2.44. The van der Waals surface area contributed by atoms with E-state index in [4.69, 9.17) is 0 Å². The number of benzene rings is 1. The van der Waals surface area contributed by atoms with E-state index in [9.17, 15) is 18.0 Å². The van der Waals surface area contributed by atoms with Crippen LogP contribution in [-0.2, 0) is 26.2 Å². The molecule has 2 aromatic rings. The SMILES string of the molecule is CNC(=O)[C@@H]1C[C@@]2(C[C@@H]2C(=O)NCCCn2cccn2)CN1S(=O)(=O)c1ccccc1. The molecule has 10 heteroatoms. The van der Waals surface area contributed by atoms with Crippen molar-refractivity contribution in [2.24, 2.45) is 11.3 Å². The van der Waals surface area contributed by atoms with Gasteiger partial charge in [-0.05, 0) is 42.9 Å². The first kappa shape index (κ1) is 21.5. The maximum Gasteiger partial charge on any atom is 0.243 e. The molecule has 4 rings (SSSR count). The third-order valence-electron chi connectivity index (χ3n) is 6.25. The number of aromatic nitrogens is 2. The lowest BCUT2D eigenvalue weighted by molar-refractivity contribution is -0.124. The van der Waals surface area contributed by atoms with Crippen molar-refractivity contribution in [3.63, 3.8) is 0 Å². The summed E-state index contributed by atoms with van der Waals surface area (Å²) in [5.74, 6) is -0.697. The molecule has 1 saturated heterocycles. The Morgan fingerprint density at radius 3 is 2.61 bits per heavy atom. The summed E-state index contributed by atoms with van der Waals surface area (Å²) in [6.07, 6.45) is 5.28. The van der Waals surface area contributed by atoms with Crippen molar-refractivity contribution in [3.8, 4) is 0 Å². The molecule has 3 atom stereocenters. The molecule has 1 aromatic heterocycles. The first-order valence-corrected chi connectivity index (χ1v) is 11.8. The van der Waals surface area contributed by atoms with Gasteiger partial charge in [0.1, 0.15) is 6.04 Å². The number of rotatable bonds is 8. The van der Waals surface area contributed by atoms with Crippen molar-refractivity contribution in [1.82, 2.24) is 24.7 Å². The van der Waals surface area contributed by atoms with Gasteiger partial charge in [0.05, 0.1) is 4.90 Å². The number of amides is 2. The van der Waals surface area contributed by atoms with E-state index >= 15 is 0 Å². The number of sulfonamides is 1. The summed E-state index contributed by atoms with van der Waals surface area (Å²) in [5.41, 5.74) is -0.481. The lowest BCUT2D eigenvalue weighted by Gasteiger charge is -2.22. The van der Waals surface area contributed by atoms with E-state index in [1.807, 2.05) is 16.9 Å². The molecule has 9 nitrogen and oxygen atoms in total. The van der Waals surface area contributed by atoms with Gasteiger partial charge in [-0.2, -0.15) is 9.40 Å². The zero-order valence-electron chi connectivity index (χ0n) is 17.4. The normalized spacial score (nSPS) is 25.5. The van der Waals surface area contributed by atoms with Crippen LogP contribution in [-0.4, -0.2) is 60.5 Å². The average Bonchev–Trinajstić information content (AvgIpc) is 3.09. The maximum atomic E-state index is 13.2. The molecule has 0 unspecified atom stereocenters. The molecule has 31 heavy (non-hydrogen) atoms. The zero-order chi connectivity index (χ0) is 22.1. The van der Waals surface area contributed by atoms with Crippen LogP contribution in [0.2, 0.25) is 0 Å². The van der Waals surface area contributed by atoms with Crippen LogP contribution in [0.25, 0.3) is 0 Å². The van der Waals surface area contributed by atoms with Crippen LogP contribution in [0.5, 0.6) is 0 Å². The molecule has 2 amide bonds. The van der Waals surface area contributed by atoms with Crippen molar-refractivity contribution in [2.75, 3.05) is 20.1 Å². The number of likely N-dealkylation sites (N-methyl/N-ethyl adjacent to an activating group) is 1. The van der Waals surface area contributed by atoms with Crippen molar-refractivity contribution >= 4 is 21.8 Å². The van der Waals surface area contributed by atoms with Crippen LogP contribution >= 0.6 is 0 Å². The largest absolute Gasteiger partial charge is 0.358 e. The summed E-state index contributed by atoms with van der Waals surface area (Å²) >= 11 is 0. The topological polar surface area (TPSA) is 113 Å². The number of carbonyl (C=O) groups is 2. The standard InChI is InChI=1S/C21H27N5O4S/c1-22-20(28)18-14-21(15-26(18)31(29,30)16-7-3-2-4-8-16)13-17(21)19(27)23-9-5-11-25-12-6-10-24-25/h2-4,6-8,10,12,17-18H,5,9,11,13-15H2,1H3,(H,22,28)(H,23,27)/t17-,18+,21+/m1/s1. The quantitative estimate of drug-likeness (QED) is 0.578. The summed E-state index contributed by atoms with van der Waals surface area (Å²) in [5, 5.41) is 9.66. The molecule has 2 fully saturated rings. The van der Waals surface area contributed by atoms with Gasteiger partial charge >= 0.3 is 0 Å². The Morgan fingerprint density at radius 1 is 1.16 bits per heavy atom. The van der Waals surface area contributed by atoms with Crippen LogP contribution in [0, 0.1) is 11.3 Å². The third kappa shape index (κ3) is 4.22. The van der Waals surface area contributed by atoms with Gasteiger partial charge in [-0.25, -0.2) is 8.42 Å². The lowest BCUT2D eigenvalue weighted by atomic mass is 9.99. The predicted molar refractivity (Wildman–Crippen MR) is 113 cm³/mol. The molecule has 1 spiro atoms. The number of nitrogens with zero attached hydrogens (tertiary/aromatic N) is 3. The highest BCUT2D eigenvalue weighted by Gasteiger charge is 2.65. The van der Waals surface area contributed by atoms with Crippen LogP contribution < -0.4 is 10.6 Å². The molecular formula is C21H27N5O4S. The molecule has 1 aliphatic carbocycles. The summed E-state index contributed by atoms with van der Waals surface area (Å²) in [4.78, 5) is 25.3. The maximum absolute atomic E-state index is 13.2. The highest BCUT2D eigenvalue weighted by molar-refractivity contribution is 7.89. The van der Waals surface area contributed by atoms with Crippen LogP contribution in [0.4, 0.5) is 0 Å². The smallest absolute Gasteiger partial charge is 0.243 e. The molecule has 2 heterocycles. The van der Waals surface area contributed by atoms with Gasteiger partial charge in [0, 0.05) is 45.0 Å². The van der Waals surface area contributed by atoms with E-state index < -0.39 is 21.5 Å². The minimum Gasteiger partial charge on any atom is -0.358 e. The first-order chi connectivity index (χ1) is 14.9. The average molecular weight is 446 g/mol. The van der Waals surface area contributed by atoms with Gasteiger partial charge in [0.15, 0.2) is 0 Å². The second-order valence-corrected chi connectivity index (χ2v) is 10.1. The number of hydrogen-bond donors (Lipinski definition) is 2. The van der Waals surface area contributed by atoms with Crippen molar-refractivity contribution < 1.29 is 18.0 Å². The van der Waals surface area contributed by atoms with Crippen molar-refractivity contribution in [2.45, 2.75) is 36.7 Å². The van der Waals surface area contributed by atoms with E-state index in [-0.39, 0.29) is 29.2 Å². The second-order valence-electron chi connectivity index (χ2n) is 8.23. The van der Waals surface area contributed by atoms with E-state index in [0.29, 0.717) is 25.9 Å². The Kier molecular flexibility index (Phi) is 5.85. The number of aryl methyl sites for hydroxylation is 1. The molecular weight excluding hydrogens is 418 g/mol. The Labute approximate surface area is 181 Å². The van der Waals surface area contributed by atoms with Crippen LogP contribution in [0.1, 0.15) is 19.3 Å². The molecule has 1 saturated carbocycles. The fourth-order valence-electron chi connectivity index (χ4n) is 4.47.